The predicted octanol–water partition coefficient (Wildman–Crippen LogP) is 3.00. The molecule has 1 saturated carbocycles. The number of rotatable bonds is 1. The van der Waals surface area contributed by atoms with Gasteiger partial charge in [-0.05, 0) is 11.6 Å². The molecule has 2 aliphatic rings. The molecule has 0 unspecified atom stereocenters. The van der Waals surface area contributed by atoms with E-state index < -0.39 is 29.6 Å². The lowest BCUT2D eigenvalue weighted by atomic mass is 10.0. The molecule has 1 aliphatic heterocycles. The third-order valence-electron chi connectivity index (χ3n) is 3.50. The zero-order valence-electron chi connectivity index (χ0n) is 8.18. The van der Waals surface area contributed by atoms with E-state index in [-0.39, 0.29) is 11.6 Å². The summed E-state index contributed by atoms with van der Waals surface area (Å²) in [7, 11) is 0. The number of benzene rings is 1. The van der Waals surface area contributed by atoms with Crippen molar-refractivity contribution in [1.29, 1.82) is 0 Å². The van der Waals surface area contributed by atoms with Crippen LogP contribution in [0, 0.1) is 17.7 Å². The highest BCUT2D eigenvalue weighted by molar-refractivity contribution is 6.31. The summed E-state index contributed by atoms with van der Waals surface area (Å²) in [5.41, 5.74) is 0.436. The van der Waals surface area contributed by atoms with Gasteiger partial charge in [-0.25, -0.2) is 13.2 Å². The first-order valence-electron chi connectivity index (χ1n) is 5.08. The largest absolute Gasteiger partial charge is 0.309 e. The van der Waals surface area contributed by atoms with Gasteiger partial charge >= 0.3 is 0 Å². The summed E-state index contributed by atoms with van der Waals surface area (Å²) in [6.45, 7) is 0.273. The van der Waals surface area contributed by atoms with Crippen molar-refractivity contribution in [1.82, 2.24) is 5.32 Å². The topological polar surface area (TPSA) is 12.0 Å². The van der Waals surface area contributed by atoms with Gasteiger partial charge in [0.2, 0.25) is 0 Å². The van der Waals surface area contributed by atoms with E-state index in [0.717, 1.165) is 0 Å². The second-order valence-electron chi connectivity index (χ2n) is 4.34. The molecule has 0 bridgehead atoms. The fraction of sp³-hybridized carbons (Fsp3) is 0.455. The van der Waals surface area contributed by atoms with E-state index in [2.05, 4.69) is 5.32 Å². The summed E-state index contributed by atoms with van der Waals surface area (Å²) < 4.78 is 39.7. The van der Waals surface area contributed by atoms with E-state index in [1.165, 1.54) is 12.1 Å². The van der Waals surface area contributed by atoms with Crippen molar-refractivity contribution in [2.75, 3.05) is 6.54 Å². The normalized spacial score (nSPS) is 34.9. The van der Waals surface area contributed by atoms with Crippen LogP contribution in [0.25, 0.3) is 0 Å². The second-order valence-corrected chi connectivity index (χ2v) is 4.71. The van der Waals surface area contributed by atoms with Crippen molar-refractivity contribution >= 4 is 11.6 Å². The molecule has 1 N–H and O–H groups in total. The molecule has 1 aromatic carbocycles. The van der Waals surface area contributed by atoms with Crippen molar-refractivity contribution in [2.24, 2.45) is 11.8 Å². The lowest BCUT2D eigenvalue weighted by Crippen LogP contribution is -2.25. The molecule has 0 aromatic heterocycles. The maximum Gasteiger partial charge on any atom is 0.257 e. The van der Waals surface area contributed by atoms with Crippen molar-refractivity contribution in [2.45, 2.75) is 12.0 Å². The average molecular weight is 248 g/mol. The summed E-state index contributed by atoms with van der Waals surface area (Å²) in [5.74, 6) is -4.53. The zero-order valence-corrected chi connectivity index (χ0v) is 8.94. The molecule has 3 rings (SSSR count). The first-order chi connectivity index (χ1) is 7.53. The second kappa shape index (κ2) is 3.14. The van der Waals surface area contributed by atoms with E-state index in [1.807, 2.05) is 0 Å². The van der Waals surface area contributed by atoms with Crippen LogP contribution >= 0.6 is 11.6 Å². The van der Waals surface area contributed by atoms with Crippen LogP contribution in [0.2, 0.25) is 5.02 Å². The molecule has 0 radical (unpaired) electrons. The Balaban J connectivity index is 1.97. The summed E-state index contributed by atoms with van der Waals surface area (Å²) in [5, 5.41) is 2.91. The summed E-state index contributed by atoms with van der Waals surface area (Å²) in [6, 6.07) is 3.79. The van der Waals surface area contributed by atoms with Gasteiger partial charge in [-0.2, -0.15) is 0 Å². The Morgan fingerprint density at radius 2 is 2.12 bits per heavy atom. The highest BCUT2D eigenvalue weighted by Crippen LogP contribution is 2.64. The number of nitrogens with one attached hydrogen (secondary N) is 1. The maximum absolute atomic E-state index is 13.2. The quantitative estimate of drug-likeness (QED) is 0.804. The molecule has 3 atom stereocenters. The fourth-order valence-corrected chi connectivity index (χ4v) is 2.82. The SMILES string of the molecule is Fc1cccc([C@H]2NC[C@@H]3[C@H]2C3(F)F)c1Cl. The summed E-state index contributed by atoms with van der Waals surface area (Å²) in [4.78, 5) is 0. The van der Waals surface area contributed by atoms with E-state index >= 15 is 0 Å². The maximum atomic E-state index is 13.2. The lowest BCUT2D eigenvalue weighted by molar-refractivity contribution is 0.0669. The molecule has 0 amide bonds. The number of hydrogen-bond acceptors (Lipinski definition) is 1. The molecule has 5 heteroatoms. The Kier molecular flexibility index (Phi) is 2.04. The number of halogens is 4. The third kappa shape index (κ3) is 1.23. The third-order valence-corrected chi connectivity index (χ3v) is 3.90. The Bertz CT molecular complexity index is 449. The minimum Gasteiger partial charge on any atom is -0.309 e. The molecule has 16 heavy (non-hydrogen) atoms. The highest BCUT2D eigenvalue weighted by atomic mass is 35.5. The van der Waals surface area contributed by atoms with Crippen LogP contribution in [0.4, 0.5) is 13.2 Å². The molecule has 1 saturated heterocycles. The highest BCUT2D eigenvalue weighted by Gasteiger charge is 2.73. The van der Waals surface area contributed by atoms with Crippen LogP contribution in [0.3, 0.4) is 0 Å². The Morgan fingerprint density at radius 3 is 2.75 bits per heavy atom. The van der Waals surface area contributed by atoms with Crippen molar-refractivity contribution in [3.63, 3.8) is 0 Å². The smallest absolute Gasteiger partial charge is 0.257 e. The molecule has 0 spiro atoms. The van der Waals surface area contributed by atoms with Gasteiger partial charge in [0.05, 0.1) is 10.9 Å². The number of fused-ring (bicyclic) bond motifs is 1. The lowest BCUT2D eigenvalue weighted by Gasteiger charge is -2.17. The Hall–Kier alpha value is -0.740. The number of hydrogen-bond donors (Lipinski definition) is 1. The summed E-state index contributed by atoms with van der Waals surface area (Å²) >= 11 is 5.79. The van der Waals surface area contributed by atoms with Gasteiger partial charge in [0.15, 0.2) is 0 Å². The molecular formula is C11H9ClF3N. The van der Waals surface area contributed by atoms with Gasteiger partial charge in [0.25, 0.3) is 5.92 Å². The molecule has 1 aliphatic carbocycles. The molecule has 1 heterocycles. The van der Waals surface area contributed by atoms with Crippen molar-refractivity contribution in [3.8, 4) is 0 Å². The molecule has 2 fully saturated rings. The van der Waals surface area contributed by atoms with Gasteiger partial charge in [0.1, 0.15) is 5.82 Å². The number of piperidine rings is 1. The fourth-order valence-electron chi connectivity index (χ4n) is 2.58. The van der Waals surface area contributed by atoms with Crippen LogP contribution in [0.15, 0.2) is 18.2 Å². The van der Waals surface area contributed by atoms with Gasteiger partial charge in [0, 0.05) is 18.5 Å². The average Bonchev–Trinajstić information content (AvgIpc) is 2.65. The van der Waals surface area contributed by atoms with Crippen molar-refractivity contribution in [3.05, 3.63) is 34.6 Å². The van der Waals surface area contributed by atoms with Crippen LogP contribution in [0.5, 0.6) is 0 Å². The molecule has 86 valence electrons. The van der Waals surface area contributed by atoms with Crippen LogP contribution in [-0.4, -0.2) is 12.5 Å². The van der Waals surface area contributed by atoms with Crippen LogP contribution in [-0.2, 0) is 0 Å². The van der Waals surface area contributed by atoms with E-state index in [4.69, 9.17) is 11.6 Å². The van der Waals surface area contributed by atoms with Gasteiger partial charge < -0.3 is 5.32 Å². The zero-order chi connectivity index (χ0) is 11.5. The van der Waals surface area contributed by atoms with Gasteiger partial charge in [-0.1, -0.05) is 23.7 Å². The first kappa shape index (κ1) is 10.4. The monoisotopic (exact) mass is 247 g/mol. The Morgan fingerprint density at radius 1 is 1.38 bits per heavy atom. The van der Waals surface area contributed by atoms with Crippen molar-refractivity contribution < 1.29 is 13.2 Å². The predicted molar refractivity (Wildman–Crippen MR) is 54.1 cm³/mol. The first-order valence-corrected chi connectivity index (χ1v) is 5.46. The molecular weight excluding hydrogens is 239 g/mol. The molecule has 1 aromatic rings. The van der Waals surface area contributed by atoms with E-state index in [1.54, 1.807) is 6.07 Å². The molecule has 1 nitrogen and oxygen atoms in total. The van der Waals surface area contributed by atoms with E-state index in [0.29, 0.717) is 5.56 Å². The summed E-state index contributed by atoms with van der Waals surface area (Å²) in [6.07, 6.45) is 0. The van der Waals surface area contributed by atoms with Crippen LogP contribution < -0.4 is 5.32 Å². The minimum atomic E-state index is -2.62. The standard InChI is InChI=1S/C11H9ClF3N/c12-9-5(2-1-3-7(9)13)10-8-6(4-16-10)11(8,14)15/h1-3,6,8,10,16H,4H2/t6-,8-,10-/m1/s1. The Labute approximate surface area is 95.6 Å². The van der Waals surface area contributed by atoms with Crippen LogP contribution in [0.1, 0.15) is 11.6 Å². The minimum absolute atomic E-state index is 0.0525. The van der Waals surface area contributed by atoms with Gasteiger partial charge in [-0.15, -0.1) is 0 Å². The van der Waals surface area contributed by atoms with E-state index in [9.17, 15) is 13.2 Å². The number of alkyl halides is 2. The van der Waals surface area contributed by atoms with Gasteiger partial charge in [-0.3, -0.25) is 0 Å².